The van der Waals surface area contributed by atoms with E-state index in [0.717, 1.165) is 6.42 Å². The lowest BCUT2D eigenvalue weighted by atomic mass is 10.1. The minimum atomic E-state index is -0.504. The minimum absolute atomic E-state index is 0.0679. The Kier molecular flexibility index (Phi) is 5.80. The van der Waals surface area contributed by atoms with Gasteiger partial charge in [-0.3, -0.25) is 0 Å². The zero-order chi connectivity index (χ0) is 15.2. The summed E-state index contributed by atoms with van der Waals surface area (Å²) in [5.41, 5.74) is -0.504. The molecule has 1 rings (SSSR count). The first-order valence-electron chi connectivity index (χ1n) is 6.83. The predicted octanol–water partition coefficient (Wildman–Crippen LogP) is 2.58. The molecule has 1 aliphatic rings. The molecule has 20 heavy (non-hydrogen) atoms. The van der Waals surface area contributed by atoms with Crippen molar-refractivity contribution in [1.82, 2.24) is 5.32 Å². The van der Waals surface area contributed by atoms with E-state index in [0.29, 0.717) is 6.61 Å². The van der Waals surface area contributed by atoms with Crippen molar-refractivity contribution >= 4 is 12.1 Å². The van der Waals surface area contributed by atoms with Gasteiger partial charge in [0, 0.05) is 6.08 Å². The van der Waals surface area contributed by atoms with E-state index >= 15 is 0 Å². The summed E-state index contributed by atoms with van der Waals surface area (Å²) in [6.07, 6.45) is 7.36. The van der Waals surface area contributed by atoms with Crippen LogP contribution in [-0.4, -0.2) is 30.3 Å². The summed E-state index contributed by atoms with van der Waals surface area (Å²) >= 11 is 0. The molecule has 5 heteroatoms. The molecule has 0 spiro atoms. The number of nitrogens with one attached hydrogen (secondary N) is 1. The van der Waals surface area contributed by atoms with E-state index < -0.39 is 11.7 Å². The number of carbonyl (C=O) groups is 2. The normalized spacial score (nSPS) is 22.0. The highest BCUT2D eigenvalue weighted by atomic mass is 16.6. The fraction of sp³-hybridized carbons (Fsp3) is 0.600. The van der Waals surface area contributed by atoms with Gasteiger partial charge in [0.05, 0.1) is 12.6 Å². The molecular weight excluding hydrogens is 258 g/mol. The van der Waals surface area contributed by atoms with Gasteiger partial charge in [-0.15, -0.1) is 0 Å². The van der Waals surface area contributed by atoms with Crippen LogP contribution in [0.1, 0.15) is 34.1 Å². The van der Waals surface area contributed by atoms with Gasteiger partial charge in [0.15, 0.2) is 0 Å². The lowest BCUT2D eigenvalue weighted by Crippen LogP contribution is -2.37. The third kappa shape index (κ3) is 6.41. The summed E-state index contributed by atoms with van der Waals surface area (Å²) in [5, 5.41) is 2.78. The van der Waals surface area contributed by atoms with Crippen molar-refractivity contribution in [2.24, 2.45) is 5.92 Å². The van der Waals surface area contributed by atoms with Crippen molar-refractivity contribution < 1.29 is 19.1 Å². The van der Waals surface area contributed by atoms with Crippen molar-refractivity contribution in [1.29, 1.82) is 0 Å². The Labute approximate surface area is 120 Å². The molecule has 2 atom stereocenters. The van der Waals surface area contributed by atoms with E-state index in [2.05, 4.69) is 5.32 Å². The Morgan fingerprint density at radius 2 is 2.05 bits per heavy atom. The highest BCUT2D eigenvalue weighted by Crippen LogP contribution is 2.19. The number of alkyl carbamates (subject to hydrolysis) is 1. The standard InChI is InChI=1S/C15H23NO4/c1-5-19-13(17)9-7-11-6-8-12(10-11)16-14(18)20-15(2,3)4/h6-9,11-12H,5,10H2,1-4H3,(H,16,18)/b9-7+/t11-,12-/m1/s1. The van der Waals surface area contributed by atoms with E-state index in [9.17, 15) is 9.59 Å². The average molecular weight is 281 g/mol. The molecule has 0 saturated heterocycles. The summed E-state index contributed by atoms with van der Waals surface area (Å²) in [7, 11) is 0. The maximum atomic E-state index is 11.6. The maximum absolute atomic E-state index is 11.6. The molecule has 0 radical (unpaired) electrons. The van der Waals surface area contributed by atoms with Crippen LogP contribution in [0, 0.1) is 5.92 Å². The molecule has 1 aliphatic carbocycles. The molecule has 0 fully saturated rings. The summed E-state index contributed by atoms with van der Waals surface area (Å²) in [5.74, 6) is -0.219. The SMILES string of the molecule is CCOC(=O)/C=C/[C@H]1C=C[C@@H](NC(=O)OC(C)(C)C)C1. The van der Waals surface area contributed by atoms with Crippen LogP contribution < -0.4 is 5.32 Å². The maximum Gasteiger partial charge on any atom is 0.408 e. The largest absolute Gasteiger partial charge is 0.463 e. The van der Waals surface area contributed by atoms with Gasteiger partial charge in [0.1, 0.15) is 5.60 Å². The van der Waals surface area contributed by atoms with Crippen molar-refractivity contribution in [3.05, 3.63) is 24.3 Å². The number of rotatable bonds is 4. The Morgan fingerprint density at radius 3 is 2.65 bits per heavy atom. The summed E-state index contributed by atoms with van der Waals surface area (Å²) in [6, 6.07) is -0.0679. The van der Waals surface area contributed by atoms with Crippen molar-refractivity contribution in [2.75, 3.05) is 6.61 Å². The Morgan fingerprint density at radius 1 is 1.35 bits per heavy atom. The number of esters is 1. The summed E-state index contributed by atoms with van der Waals surface area (Å²) in [6.45, 7) is 7.60. The first-order chi connectivity index (χ1) is 9.30. The molecule has 1 amide bonds. The number of ether oxygens (including phenoxy) is 2. The molecule has 0 aliphatic heterocycles. The van der Waals surface area contributed by atoms with E-state index in [4.69, 9.17) is 9.47 Å². The lowest BCUT2D eigenvalue weighted by molar-refractivity contribution is -0.137. The Balaban J connectivity index is 2.36. The van der Waals surface area contributed by atoms with Crippen molar-refractivity contribution in [2.45, 2.75) is 45.8 Å². The van der Waals surface area contributed by atoms with Crippen LogP contribution in [0.25, 0.3) is 0 Å². The van der Waals surface area contributed by atoms with Crippen LogP contribution in [0.4, 0.5) is 4.79 Å². The second kappa shape index (κ2) is 7.12. The van der Waals surface area contributed by atoms with Crippen LogP contribution in [0.15, 0.2) is 24.3 Å². The smallest absolute Gasteiger partial charge is 0.408 e. The molecule has 0 unspecified atom stereocenters. The fourth-order valence-corrected chi connectivity index (χ4v) is 1.83. The third-order valence-corrected chi connectivity index (χ3v) is 2.58. The number of amides is 1. The predicted molar refractivity (Wildman–Crippen MR) is 76.2 cm³/mol. The van der Waals surface area contributed by atoms with Gasteiger partial charge in [0.2, 0.25) is 0 Å². The van der Waals surface area contributed by atoms with Gasteiger partial charge in [0.25, 0.3) is 0 Å². The zero-order valence-corrected chi connectivity index (χ0v) is 12.5. The van der Waals surface area contributed by atoms with Gasteiger partial charge >= 0.3 is 12.1 Å². The average Bonchev–Trinajstić information content (AvgIpc) is 2.71. The molecule has 0 bridgehead atoms. The van der Waals surface area contributed by atoms with Crippen LogP contribution >= 0.6 is 0 Å². The van der Waals surface area contributed by atoms with E-state index in [1.54, 1.807) is 13.0 Å². The van der Waals surface area contributed by atoms with Crippen LogP contribution in [0.5, 0.6) is 0 Å². The highest BCUT2D eigenvalue weighted by molar-refractivity contribution is 5.81. The molecule has 0 aromatic heterocycles. The number of allylic oxidation sites excluding steroid dienone is 2. The zero-order valence-electron chi connectivity index (χ0n) is 12.5. The monoisotopic (exact) mass is 281 g/mol. The molecule has 5 nitrogen and oxygen atoms in total. The fourth-order valence-electron chi connectivity index (χ4n) is 1.83. The molecule has 0 aromatic rings. The van der Waals surface area contributed by atoms with Gasteiger partial charge in [-0.1, -0.05) is 18.2 Å². The Bertz CT molecular complexity index is 407. The molecule has 0 heterocycles. The number of hydrogen-bond donors (Lipinski definition) is 1. The quantitative estimate of drug-likeness (QED) is 0.488. The minimum Gasteiger partial charge on any atom is -0.463 e. The molecule has 0 saturated carbocycles. The third-order valence-electron chi connectivity index (χ3n) is 2.58. The second-order valence-corrected chi connectivity index (χ2v) is 5.65. The van der Waals surface area contributed by atoms with Crippen LogP contribution in [0.2, 0.25) is 0 Å². The van der Waals surface area contributed by atoms with Gasteiger partial charge in [-0.25, -0.2) is 9.59 Å². The van der Waals surface area contributed by atoms with E-state index in [1.807, 2.05) is 32.9 Å². The molecule has 1 N–H and O–H groups in total. The first-order valence-corrected chi connectivity index (χ1v) is 6.83. The molecule has 112 valence electrons. The van der Waals surface area contributed by atoms with Crippen LogP contribution in [0.3, 0.4) is 0 Å². The van der Waals surface area contributed by atoms with Gasteiger partial charge in [-0.05, 0) is 40.0 Å². The Hall–Kier alpha value is -1.78. The highest BCUT2D eigenvalue weighted by Gasteiger charge is 2.22. The number of hydrogen-bond acceptors (Lipinski definition) is 4. The van der Waals surface area contributed by atoms with Gasteiger partial charge in [-0.2, -0.15) is 0 Å². The topological polar surface area (TPSA) is 64.6 Å². The summed E-state index contributed by atoms with van der Waals surface area (Å²) in [4.78, 5) is 22.8. The van der Waals surface area contributed by atoms with Crippen LogP contribution in [-0.2, 0) is 14.3 Å². The van der Waals surface area contributed by atoms with Crippen molar-refractivity contribution in [3.63, 3.8) is 0 Å². The summed E-state index contributed by atoms with van der Waals surface area (Å²) < 4.78 is 10.00. The van der Waals surface area contributed by atoms with E-state index in [-0.39, 0.29) is 17.9 Å². The van der Waals surface area contributed by atoms with Gasteiger partial charge < -0.3 is 14.8 Å². The first kappa shape index (κ1) is 16.3. The second-order valence-electron chi connectivity index (χ2n) is 5.65. The lowest BCUT2D eigenvalue weighted by Gasteiger charge is -2.21. The number of carbonyl (C=O) groups excluding carboxylic acids is 2. The van der Waals surface area contributed by atoms with E-state index in [1.165, 1.54) is 6.08 Å². The molecular formula is C15H23NO4. The van der Waals surface area contributed by atoms with Crippen molar-refractivity contribution in [3.8, 4) is 0 Å². The molecule has 0 aromatic carbocycles.